The Balaban J connectivity index is 1.36. The quantitative estimate of drug-likeness (QED) is 0.588. The van der Waals surface area contributed by atoms with E-state index in [1.807, 2.05) is 37.3 Å². The molecular formula is C21H27N3O3. The molecule has 2 fully saturated rings. The number of nitrogens with zero attached hydrogens (tertiary/aromatic N) is 3. The van der Waals surface area contributed by atoms with E-state index in [1.165, 1.54) is 4.90 Å². The Labute approximate surface area is 160 Å². The van der Waals surface area contributed by atoms with Gasteiger partial charge in [-0.2, -0.15) is 0 Å². The molecule has 3 aliphatic rings. The zero-order valence-corrected chi connectivity index (χ0v) is 15.8. The normalized spacial score (nSPS) is 25.8. The minimum Gasteiger partial charge on any atom is -0.492 e. The predicted molar refractivity (Wildman–Crippen MR) is 103 cm³/mol. The molecule has 144 valence electrons. The van der Waals surface area contributed by atoms with Gasteiger partial charge in [-0.05, 0) is 31.9 Å². The zero-order valence-electron chi connectivity index (χ0n) is 15.8. The summed E-state index contributed by atoms with van der Waals surface area (Å²) in [6.07, 6.45) is 5.47. The number of amides is 2. The van der Waals surface area contributed by atoms with Crippen LogP contribution in [-0.4, -0.2) is 61.1 Å². The molecule has 0 aromatic heterocycles. The van der Waals surface area contributed by atoms with Crippen LogP contribution in [0.4, 0.5) is 5.69 Å². The van der Waals surface area contributed by atoms with E-state index in [-0.39, 0.29) is 23.7 Å². The molecule has 2 amide bonds. The number of anilines is 1. The van der Waals surface area contributed by atoms with Gasteiger partial charge in [0.05, 0.1) is 30.8 Å². The Kier molecular flexibility index (Phi) is 5.16. The Morgan fingerprint density at radius 2 is 1.59 bits per heavy atom. The van der Waals surface area contributed by atoms with Crippen molar-refractivity contribution in [1.29, 1.82) is 0 Å². The van der Waals surface area contributed by atoms with Crippen molar-refractivity contribution in [2.24, 2.45) is 11.8 Å². The molecule has 0 spiro atoms. The first-order chi connectivity index (χ1) is 13.2. The molecule has 1 aromatic carbocycles. The summed E-state index contributed by atoms with van der Waals surface area (Å²) in [4.78, 5) is 31.3. The number of carbonyl (C=O) groups excluding carboxylic acids is 2. The van der Waals surface area contributed by atoms with Gasteiger partial charge in [-0.25, -0.2) is 0 Å². The van der Waals surface area contributed by atoms with Gasteiger partial charge in [-0.3, -0.25) is 19.4 Å². The van der Waals surface area contributed by atoms with E-state index in [0.29, 0.717) is 26.1 Å². The van der Waals surface area contributed by atoms with E-state index in [1.54, 1.807) is 0 Å². The van der Waals surface area contributed by atoms with Crippen LogP contribution in [0.5, 0.6) is 5.75 Å². The molecule has 6 nitrogen and oxygen atoms in total. The van der Waals surface area contributed by atoms with Gasteiger partial charge in [0.15, 0.2) is 0 Å². The number of allylic oxidation sites excluding steroid dienone is 2. The van der Waals surface area contributed by atoms with Gasteiger partial charge < -0.3 is 9.64 Å². The van der Waals surface area contributed by atoms with Crippen molar-refractivity contribution in [1.82, 2.24) is 9.80 Å². The van der Waals surface area contributed by atoms with Crippen LogP contribution in [0.15, 0.2) is 36.4 Å². The maximum atomic E-state index is 12.6. The van der Waals surface area contributed by atoms with Crippen LogP contribution in [0.2, 0.25) is 0 Å². The van der Waals surface area contributed by atoms with Crippen molar-refractivity contribution >= 4 is 17.5 Å². The average Bonchev–Trinajstić information content (AvgIpc) is 2.95. The van der Waals surface area contributed by atoms with Crippen LogP contribution in [0.1, 0.15) is 19.8 Å². The van der Waals surface area contributed by atoms with Crippen molar-refractivity contribution in [2.45, 2.75) is 19.8 Å². The SMILES string of the molecule is CCOc1ccccc1N1CCN(CN2C(=O)[C@@H]3CC=CC[C@H]3C2=O)CC1. The molecule has 2 saturated heterocycles. The Morgan fingerprint density at radius 3 is 2.22 bits per heavy atom. The maximum absolute atomic E-state index is 12.6. The summed E-state index contributed by atoms with van der Waals surface area (Å²) in [5.74, 6) is 0.663. The number of likely N-dealkylation sites (tertiary alicyclic amines) is 1. The van der Waals surface area contributed by atoms with Crippen molar-refractivity contribution in [3.05, 3.63) is 36.4 Å². The first kappa shape index (κ1) is 18.0. The van der Waals surface area contributed by atoms with Crippen molar-refractivity contribution in [2.75, 3.05) is 44.4 Å². The van der Waals surface area contributed by atoms with Gasteiger partial charge in [0.2, 0.25) is 11.8 Å². The molecule has 2 atom stereocenters. The monoisotopic (exact) mass is 369 g/mol. The summed E-state index contributed by atoms with van der Waals surface area (Å²) in [5, 5.41) is 0. The van der Waals surface area contributed by atoms with Crippen molar-refractivity contribution in [3.8, 4) is 5.75 Å². The molecule has 0 unspecified atom stereocenters. The largest absolute Gasteiger partial charge is 0.492 e. The molecule has 0 saturated carbocycles. The number of hydrogen-bond acceptors (Lipinski definition) is 5. The fourth-order valence-electron chi connectivity index (χ4n) is 4.33. The molecule has 1 aliphatic carbocycles. The molecule has 27 heavy (non-hydrogen) atoms. The van der Waals surface area contributed by atoms with E-state index in [9.17, 15) is 9.59 Å². The number of carbonyl (C=O) groups is 2. The smallest absolute Gasteiger partial charge is 0.234 e. The third-order valence-corrected chi connectivity index (χ3v) is 5.82. The molecule has 2 heterocycles. The van der Waals surface area contributed by atoms with Crippen LogP contribution in [0.25, 0.3) is 0 Å². The predicted octanol–water partition coefficient (Wildman–Crippen LogP) is 2.12. The number of benzene rings is 1. The van der Waals surface area contributed by atoms with E-state index < -0.39 is 0 Å². The Morgan fingerprint density at radius 1 is 0.963 bits per heavy atom. The minimum atomic E-state index is -0.137. The molecule has 1 aromatic rings. The zero-order chi connectivity index (χ0) is 18.8. The number of rotatable bonds is 5. The van der Waals surface area contributed by atoms with Gasteiger partial charge in [0, 0.05) is 26.2 Å². The molecule has 0 radical (unpaired) electrons. The number of hydrogen-bond donors (Lipinski definition) is 0. The van der Waals surface area contributed by atoms with E-state index in [0.717, 1.165) is 37.6 Å². The van der Waals surface area contributed by atoms with Gasteiger partial charge >= 0.3 is 0 Å². The summed E-state index contributed by atoms with van der Waals surface area (Å²) in [6.45, 7) is 6.42. The van der Waals surface area contributed by atoms with Gasteiger partial charge in [0.25, 0.3) is 0 Å². The highest BCUT2D eigenvalue weighted by atomic mass is 16.5. The van der Waals surface area contributed by atoms with Crippen LogP contribution in [-0.2, 0) is 9.59 Å². The second-order valence-electron chi connectivity index (χ2n) is 7.41. The fourth-order valence-corrected chi connectivity index (χ4v) is 4.33. The van der Waals surface area contributed by atoms with E-state index in [2.05, 4.69) is 15.9 Å². The molecule has 0 N–H and O–H groups in total. The maximum Gasteiger partial charge on any atom is 0.234 e. The molecule has 6 heteroatoms. The molecule has 2 aliphatic heterocycles. The highest BCUT2D eigenvalue weighted by Crippen LogP contribution is 2.35. The number of imide groups is 1. The topological polar surface area (TPSA) is 53.1 Å². The van der Waals surface area contributed by atoms with Crippen LogP contribution >= 0.6 is 0 Å². The lowest BCUT2D eigenvalue weighted by Crippen LogP contribution is -2.51. The molecule has 0 bridgehead atoms. The van der Waals surface area contributed by atoms with Crippen molar-refractivity contribution in [3.63, 3.8) is 0 Å². The molecular weight excluding hydrogens is 342 g/mol. The van der Waals surface area contributed by atoms with E-state index >= 15 is 0 Å². The summed E-state index contributed by atoms with van der Waals surface area (Å²) in [6, 6.07) is 8.11. The lowest BCUT2D eigenvalue weighted by atomic mass is 9.85. The lowest BCUT2D eigenvalue weighted by molar-refractivity contribution is -0.142. The summed E-state index contributed by atoms with van der Waals surface area (Å²) in [7, 11) is 0. The van der Waals surface area contributed by atoms with Gasteiger partial charge in [-0.15, -0.1) is 0 Å². The van der Waals surface area contributed by atoms with Crippen molar-refractivity contribution < 1.29 is 14.3 Å². The summed E-state index contributed by atoms with van der Waals surface area (Å²) >= 11 is 0. The van der Waals surface area contributed by atoms with Crippen LogP contribution in [0, 0.1) is 11.8 Å². The standard InChI is InChI=1S/C21H27N3O3/c1-2-27-19-10-6-5-9-18(19)23-13-11-22(12-14-23)15-24-20(25)16-7-3-4-8-17(16)21(24)26/h3-6,9-10,16-17H,2,7-8,11-15H2,1H3/t16-,17-/m1/s1. The van der Waals surface area contributed by atoms with Crippen LogP contribution < -0.4 is 9.64 Å². The molecule has 4 rings (SSSR count). The second-order valence-corrected chi connectivity index (χ2v) is 7.41. The third kappa shape index (κ3) is 3.46. The van der Waals surface area contributed by atoms with Crippen LogP contribution in [0.3, 0.4) is 0 Å². The lowest BCUT2D eigenvalue weighted by Gasteiger charge is -2.37. The van der Waals surface area contributed by atoms with Gasteiger partial charge in [0.1, 0.15) is 5.75 Å². The van der Waals surface area contributed by atoms with Gasteiger partial charge in [-0.1, -0.05) is 24.3 Å². The summed E-state index contributed by atoms with van der Waals surface area (Å²) in [5.41, 5.74) is 1.12. The minimum absolute atomic E-state index is 0.0125. The first-order valence-electron chi connectivity index (χ1n) is 9.88. The fraction of sp³-hybridized carbons (Fsp3) is 0.524. The Hall–Kier alpha value is -2.34. The number of piperazine rings is 1. The average molecular weight is 369 g/mol. The highest BCUT2D eigenvalue weighted by Gasteiger charge is 2.47. The van der Waals surface area contributed by atoms with E-state index in [4.69, 9.17) is 4.74 Å². The number of para-hydroxylation sites is 2. The Bertz CT molecular complexity index is 714. The first-order valence-corrected chi connectivity index (χ1v) is 9.88. The third-order valence-electron chi connectivity index (χ3n) is 5.82. The second kappa shape index (κ2) is 7.72. The number of fused-ring (bicyclic) bond motifs is 1. The highest BCUT2D eigenvalue weighted by molar-refractivity contribution is 6.05. The number of ether oxygens (including phenoxy) is 1. The summed E-state index contributed by atoms with van der Waals surface area (Å²) < 4.78 is 5.75.